The van der Waals surface area contributed by atoms with Crippen LogP contribution in [0.25, 0.3) is 0 Å². The van der Waals surface area contributed by atoms with Crippen molar-refractivity contribution in [2.75, 3.05) is 18.0 Å². The van der Waals surface area contributed by atoms with Crippen LogP contribution in [0.2, 0.25) is 0 Å². The molecule has 9 heteroatoms. The van der Waals surface area contributed by atoms with Crippen molar-refractivity contribution in [3.05, 3.63) is 71.2 Å². The molecule has 1 aromatic carbocycles. The van der Waals surface area contributed by atoms with E-state index in [0.29, 0.717) is 11.5 Å². The molecule has 1 aliphatic heterocycles. The summed E-state index contributed by atoms with van der Waals surface area (Å²) in [4.78, 5) is 23.0. The monoisotopic (exact) mass is 513 g/mol. The first-order chi connectivity index (χ1) is 17.9. The summed E-state index contributed by atoms with van der Waals surface area (Å²) in [7, 11) is 0. The molecule has 0 spiro atoms. The number of carbonyl (C=O) groups excluding carboxylic acids is 1. The van der Waals surface area contributed by atoms with Crippen LogP contribution in [0.1, 0.15) is 78.2 Å². The Balaban J connectivity index is 1.22. The number of pyridine rings is 1. The van der Waals surface area contributed by atoms with Crippen molar-refractivity contribution in [3.8, 4) is 6.08 Å². The van der Waals surface area contributed by atoms with E-state index in [1.54, 1.807) is 12.3 Å². The number of piperidine rings is 1. The second-order valence-electron chi connectivity index (χ2n) is 9.83. The lowest BCUT2D eigenvalue weighted by Crippen LogP contribution is -2.33. The van der Waals surface area contributed by atoms with Gasteiger partial charge in [-0.15, -0.1) is 0 Å². The number of aromatic nitrogens is 2. The number of hydrogen-bond donors (Lipinski definition) is 0. The predicted octanol–water partition coefficient (Wildman–Crippen LogP) is 6.61. The summed E-state index contributed by atoms with van der Waals surface area (Å²) in [6, 6.07) is 14.0. The molecule has 0 amide bonds. The zero-order valence-electron chi connectivity index (χ0n) is 20.5. The third kappa shape index (κ3) is 6.14. The standard InChI is InChI=1S/C28H30F3N3O3/c29-28(30,31)26-25(37-27(33-26)36-22-9-5-2-6-10-22)23(35)17-19-11-12-24(32-18-19)34-15-13-21(14-16-34)20-7-3-1-4-8-20/h1,3-4,7-8,11-12,18,21-22H,2,5-6,9-10,13-17H2. The Kier molecular flexibility index (Phi) is 7.48. The van der Waals surface area contributed by atoms with E-state index in [1.165, 1.54) is 5.56 Å². The van der Waals surface area contributed by atoms with Gasteiger partial charge in [0.25, 0.3) is 0 Å². The molecule has 3 heterocycles. The molecule has 196 valence electrons. The van der Waals surface area contributed by atoms with Crippen LogP contribution < -0.4 is 9.64 Å². The summed E-state index contributed by atoms with van der Waals surface area (Å²) in [5, 5.41) is 0. The molecule has 1 saturated carbocycles. The Morgan fingerprint density at radius 1 is 1.00 bits per heavy atom. The van der Waals surface area contributed by atoms with Crippen molar-refractivity contribution in [1.82, 2.24) is 9.97 Å². The predicted molar refractivity (Wildman–Crippen MR) is 132 cm³/mol. The summed E-state index contributed by atoms with van der Waals surface area (Å²) in [5.41, 5.74) is 0.517. The Morgan fingerprint density at radius 2 is 1.73 bits per heavy atom. The summed E-state index contributed by atoms with van der Waals surface area (Å²) in [5.74, 6) is -0.311. The molecule has 1 aliphatic carbocycles. The largest absolute Gasteiger partial charge is 0.447 e. The second-order valence-corrected chi connectivity index (χ2v) is 9.83. The smallest absolute Gasteiger partial charge is 0.437 e. The number of ether oxygens (including phenoxy) is 1. The highest BCUT2D eigenvalue weighted by Crippen LogP contribution is 2.35. The van der Waals surface area contributed by atoms with E-state index in [1.807, 2.05) is 12.1 Å². The summed E-state index contributed by atoms with van der Waals surface area (Å²) < 4.78 is 51.5. The van der Waals surface area contributed by atoms with E-state index in [4.69, 9.17) is 9.15 Å². The van der Waals surface area contributed by atoms with Gasteiger partial charge in [-0.05, 0) is 61.6 Å². The van der Waals surface area contributed by atoms with Crippen LogP contribution in [0.5, 0.6) is 6.08 Å². The lowest BCUT2D eigenvalue weighted by Gasteiger charge is -2.33. The van der Waals surface area contributed by atoms with Crippen LogP contribution in [0, 0.1) is 0 Å². The van der Waals surface area contributed by atoms with Crippen molar-refractivity contribution >= 4 is 11.6 Å². The number of hydrogen-bond acceptors (Lipinski definition) is 6. The van der Waals surface area contributed by atoms with Gasteiger partial charge in [-0.1, -0.05) is 42.8 Å². The van der Waals surface area contributed by atoms with Crippen molar-refractivity contribution in [1.29, 1.82) is 0 Å². The van der Waals surface area contributed by atoms with Gasteiger partial charge in [0.15, 0.2) is 5.69 Å². The molecule has 2 aliphatic rings. The summed E-state index contributed by atoms with van der Waals surface area (Å²) in [6.45, 7) is 1.73. The first-order valence-electron chi connectivity index (χ1n) is 12.9. The number of rotatable bonds is 7. The fourth-order valence-electron chi connectivity index (χ4n) is 5.20. The van der Waals surface area contributed by atoms with Crippen LogP contribution in [-0.2, 0) is 12.6 Å². The van der Waals surface area contributed by atoms with Gasteiger partial charge in [-0.25, -0.2) is 4.98 Å². The molecule has 37 heavy (non-hydrogen) atoms. The van der Waals surface area contributed by atoms with Gasteiger partial charge in [0.2, 0.25) is 11.5 Å². The lowest BCUT2D eigenvalue weighted by molar-refractivity contribution is -0.141. The number of anilines is 1. The molecule has 0 N–H and O–H groups in total. The highest BCUT2D eigenvalue weighted by Gasteiger charge is 2.41. The first-order valence-corrected chi connectivity index (χ1v) is 12.9. The molecule has 0 radical (unpaired) electrons. The van der Waals surface area contributed by atoms with Gasteiger partial charge in [0, 0.05) is 25.7 Å². The number of benzene rings is 1. The van der Waals surface area contributed by atoms with E-state index in [9.17, 15) is 18.0 Å². The van der Waals surface area contributed by atoms with Crippen LogP contribution >= 0.6 is 0 Å². The number of halogens is 3. The molecule has 2 aromatic heterocycles. The van der Waals surface area contributed by atoms with E-state index in [0.717, 1.165) is 63.9 Å². The minimum Gasteiger partial charge on any atom is -0.447 e. The number of nitrogens with zero attached hydrogens (tertiary/aromatic N) is 3. The Morgan fingerprint density at radius 3 is 2.38 bits per heavy atom. The van der Waals surface area contributed by atoms with Gasteiger partial charge in [-0.2, -0.15) is 18.2 Å². The number of Topliss-reactive ketones (excluding diaryl/α,β-unsaturated/α-hetero) is 1. The van der Waals surface area contributed by atoms with E-state index in [2.05, 4.69) is 39.1 Å². The van der Waals surface area contributed by atoms with Gasteiger partial charge >= 0.3 is 12.3 Å². The fourth-order valence-corrected chi connectivity index (χ4v) is 5.20. The Bertz CT molecular complexity index is 1180. The number of ketones is 1. The lowest BCUT2D eigenvalue weighted by atomic mass is 9.89. The molecule has 1 saturated heterocycles. The van der Waals surface area contributed by atoms with Gasteiger partial charge in [-0.3, -0.25) is 4.79 Å². The SMILES string of the molecule is O=C(Cc1ccc(N2CCC(c3ccccc3)CC2)nc1)c1oc(OC2CCCCC2)nc1C(F)(F)F. The van der Waals surface area contributed by atoms with E-state index < -0.39 is 29.5 Å². The molecular formula is C28H30F3N3O3. The fraction of sp³-hybridized carbons (Fsp3) is 0.464. The minimum absolute atomic E-state index is 0.245. The van der Waals surface area contributed by atoms with Gasteiger partial charge in [0.05, 0.1) is 0 Å². The molecule has 0 bridgehead atoms. The molecule has 5 rings (SSSR count). The molecule has 6 nitrogen and oxygen atoms in total. The van der Waals surface area contributed by atoms with Crippen molar-refractivity contribution in [2.45, 2.75) is 69.6 Å². The normalized spacial score (nSPS) is 17.6. The maximum Gasteiger partial charge on any atom is 0.437 e. The van der Waals surface area contributed by atoms with Gasteiger partial charge < -0.3 is 14.1 Å². The summed E-state index contributed by atoms with van der Waals surface area (Å²) >= 11 is 0. The third-order valence-electron chi connectivity index (χ3n) is 7.21. The highest BCUT2D eigenvalue weighted by molar-refractivity contribution is 5.96. The number of carbonyl (C=O) groups is 1. The summed E-state index contributed by atoms with van der Waals surface area (Å²) in [6.07, 6.45) is 2.16. The molecule has 2 fully saturated rings. The Hall–Kier alpha value is -3.36. The van der Waals surface area contributed by atoms with E-state index >= 15 is 0 Å². The maximum absolute atomic E-state index is 13.6. The quantitative estimate of drug-likeness (QED) is 0.331. The average molecular weight is 514 g/mol. The van der Waals surface area contributed by atoms with Gasteiger partial charge in [0.1, 0.15) is 11.9 Å². The van der Waals surface area contributed by atoms with Crippen molar-refractivity contribution in [2.24, 2.45) is 0 Å². The molecule has 0 atom stereocenters. The number of oxazole rings is 1. The molecular weight excluding hydrogens is 483 g/mol. The van der Waals surface area contributed by atoms with Crippen molar-refractivity contribution < 1.29 is 27.1 Å². The zero-order chi connectivity index (χ0) is 25.8. The van der Waals surface area contributed by atoms with Crippen LogP contribution in [-0.4, -0.2) is 34.9 Å². The third-order valence-corrected chi connectivity index (χ3v) is 7.21. The van der Waals surface area contributed by atoms with Crippen LogP contribution in [0.15, 0.2) is 53.1 Å². The van der Waals surface area contributed by atoms with Crippen LogP contribution in [0.3, 0.4) is 0 Å². The second kappa shape index (κ2) is 10.9. The van der Waals surface area contributed by atoms with Crippen molar-refractivity contribution in [3.63, 3.8) is 0 Å². The Labute approximate surface area is 213 Å². The molecule has 0 unspecified atom stereocenters. The highest BCUT2D eigenvalue weighted by atomic mass is 19.4. The van der Waals surface area contributed by atoms with Crippen LogP contribution in [0.4, 0.5) is 19.0 Å². The van der Waals surface area contributed by atoms with E-state index in [-0.39, 0.29) is 12.5 Å². The molecule has 3 aromatic rings. The average Bonchev–Trinajstić information content (AvgIpc) is 3.35. The number of alkyl halides is 3. The first kappa shape index (κ1) is 25.3. The topological polar surface area (TPSA) is 68.5 Å². The maximum atomic E-state index is 13.6. The minimum atomic E-state index is -4.82. The zero-order valence-corrected chi connectivity index (χ0v) is 20.5.